The van der Waals surface area contributed by atoms with Crippen LogP contribution in [-0.4, -0.2) is 48.4 Å². The molecule has 0 aromatic carbocycles. The molecule has 0 spiro atoms. The zero-order valence-corrected chi connectivity index (χ0v) is 8.69. The van der Waals surface area contributed by atoms with Crippen LogP contribution >= 0.6 is 11.8 Å². The van der Waals surface area contributed by atoms with E-state index >= 15 is 0 Å². The molecule has 1 rings (SSSR count). The van der Waals surface area contributed by atoms with Gasteiger partial charge in [0, 0.05) is 19.5 Å². The molecule has 1 N–H and O–H groups in total. The number of likely N-dealkylation sites (N-methyl/N-ethyl adjacent to an activating group) is 1. The fourth-order valence-electron chi connectivity index (χ4n) is 1.30. The van der Waals surface area contributed by atoms with Gasteiger partial charge in [-0.3, -0.25) is 14.5 Å². The van der Waals surface area contributed by atoms with E-state index in [1.807, 2.05) is 6.26 Å². The molecule has 0 aromatic rings. The van der Waals surface area contributed by atoms with E-state index in [2.05, 4.69) is 5.32 Å². The summed E-state index contributed by atoms with van der Waals surface area (Å²) in [4.78, 5) is 24.2. The monoisotopic (exact) mass is 202 g/mol. The van der Waals surface area contributed by atoms with Crippen LogP contribution in [0.3, 0.4) is 0 Å². The molecule has 1 aliphatic rings. The summed E-state index contributed by atoms with van der Waals surface area (Å²) in [5.74, 6) is -0.0765. The minimum absolute atomic E-state index is 0.0345. The van der Waals surface area contributed by atoms with Gasteiger partial charge in [-0.05, 0) is 13.3 Å². The minimum Gasteiger partial charge on any atom is -0.318 e. The number of thioether (sulfide) groups is 1. The van der Waals surface area contributed by atoms with Gasteiger partial charge in [0.1, 0.15) is 0 Å². The summed E-state index contributed by atoms with van der Waals surface area (Å²) >= 11 is 1.45. The van der Waals surface area contributed by atoms with Crippen molar-refractivity contribution >= 4 is 23.6 Å². The third-order valence-electron chi connectivity index (χ3n) is 2.07. The summed E-state index contributed by atoms with van der Waals surface area (Å²) < 4.78 is 0. The molecule has 74 valence electrons. The number of nitrogens with zero attached hydrogens (tertiary/aromatic N) is 1. The van der Waals surface area contributed by atoms with E-state index in [1.54, 1.807) is 7.05 Å². The zero-order valence-electron chi connectivity index (χ0n) is 7.87. The Morgan fingerprint density at radius 2 is 2.31 bits per heavy atom. The summed E-state index contributed by atoms with van der Waals surface area (Å²) in [7, 11) is 1.80. The molecule has 0 radical (unpaired) electrons. The highest BCUT2D eigenvalue weighted by molar-refractivity contribution is 8.00. The number of likely N-dealkylation sites (tertiary alicyclic amines) is 1. The van der Waals surface area contributed by atoms with Crippen molar-refractivity contribution in [3.8, 4) is 0 Å². The number of carbonyl (C=O) groups excluding carboxylic acids is 2. The molecule has 1 saturated heterocycles. The van der Waals surface area contributed by atoms with Gasteiger partial charge in [0.05, 0.1) is 5.25 Å². The highest BCUT2D eigenvalue weighted by atomic mass is 32.2. The Balaban J connectivity index is 2.54. The predicted molar refractivity (Wildman–Crippen MR) is 52.6 cm³/mol. The molecule has 1 aliphatic heterocycles. The highest BCUT2D eigenvalue weighted by Crippen LogP contribution is 2.22. The van der Waals surface area contributed by atoms with Crippen LogP contribution in [0.2, 0.25) is 0 Å². The third-order valence-corrected chi connectivity index (χ3v) is 3.01. The largest absolute Gasteiger partial charge is 0.318 e. The Hall–Kier alpha value is -0.550. The second-order valence-electron chi connectivity index (χ2n) is 2.92. The van der Waals surface area contributed by atoms with Crippen LogP contribution in [0.15, 0.2) is 0 Å². The van der Waals surface area contributed by atoms with Gasteiger partial charge < -0.3 is 5.32 Å². The number of nitrogens with one attached hydrogen (secondary N) is 1. The van der Waals surface area contributed by atoms with Crippen molar-refractivity contribution in [1.82, 2.24) is 10.2 Å². The lowest BCUT2D eigenvalue weighted by molar-refractivity contribution is -0.138. The van der Waals surface area contributed by atoms with Crippen molar-refractivity contribution in [3.63, 3.8) is 0 Å². The van der Waals surface area contributed by atoms with Crippen LogP contribution in [0.1, 0.15) is 6.42 Å². The average Bonchev–Trinajstić information content (AvgIpc) is 2.39. The van der Waals surface area contributed by atoms with Gasteiger partial charge in [-0.15, -0.1) is 0 Å². The first-order chi connectivity index (χ1) is 6.20. The fourth-order valence-corrected chi connectivity index (χ4v) is 1.93. The van der Waals surface area contributed by atoms with Crippen molar-refractivity contribution in [1.29, 1.82) is 0 Å². The molecule has 1 fully saturated rings. The second-order valence-corrected chi connectivity index (χ2v) is 3.96. The molecule has 13 heavy (non-hydrogen) atoms. The number of amides is 2. The lowest BCUT2D eigenvalue weighted by Gasteiger charge is -2.13. The average molecular weight is 202 g/mol. The van der Waals surface area contributed by atoms with Gasteiger partial charge in [-0.1, -0.05) is 0 Å². The van der Waals surface area contributed by atoms with E-state index in [9.17, 15) is 9.59 Å². The summed E-state index contributed by atoms with van der Waals surface area (Å²) in [6, 6.07) is 0. The van der Waals surface area contributed by atoms with E-state index in [1.165, 1.54) is 16.7 Å². The lowest BCUT2D eigenvalue weighted by Crippen LogP contribution is -2.36. The van der Waals surface area contributed by atoms with Gasteiger partial charge in [0.2, 0.25) is 11.8 Å². The zero-order chi connectivity index (χ0) is 9.84. The Kier molecular flexibility index (Phi) is 3.74. The second kappa shape index (κ2) is 4.62. The van der Waals surface area contributed by atoms with Gasteiger partial charge >= 0.3 is 0 Å². The van der Waals surface area contributed by atoms with Crippen molar-refractivity contribution in [2.24, 2.45) is 0 Å². The van der Waals surface area contributed by atoms with E-state index < -0.39 is 0 Å². The molecule has 5 heteroatoms. The fraction of sp³-hybridized carbons (Fsp3) is 0.750. The van der Waals surface area contributed by atoms with E-state index in [4.69, 9.17) is 0 Å². The first-order valence-corrected chi connectivity index (χ1v) is 5.51. The van der Waals surface area contributed by atoms with Crippen LogP contribution in [-0.2, 0) is 9.59 Å². The van der Waals surface area contributed by atoms with Crippen molar-refractivity contribution in [3.05, 3.63) is 0 Å². The van der Waals surface area contributed by atoms with Crippen LogP contribution in [0.5, 0.6) is 0 Å². The Morgan fingerprint density at radius 3 is 2.77 bits per heavy atom. The maximum atomic E-state index is 11.5. The van der Waals surface area contributed by atoms with Crippen LogP contribution in [0.4, 0.5) is 0 Å². The Morgan fingerprint density at radius 1 is 1.62 bits per heavy atom. The van der Waals surface area contributed by atoms with E-state index in [-0.39, 0.29) is 17.1 Å². The van der Waals surface area contributed by atoms with Gasteiger partial charge in [-0.2, -0.15) is 11.8 Å². The summed E-state index contributed by atoms with van der Waals surface area (Å²) in [6.07, 6.45) is 2.22. The first kappa shape index (κ1) is 10.5. The maximum absolute atomic E-state index is 11.5. The molecule has 1 atom stereocenters. The smallest absolute Gasteiger partial charge is 0.242 e. The normalized spacial score (nSPS) is 22.9. The predicted octanol–water partition coefficient (Wildman–Crippen LogP) is -0.304. The van der Waals surface area contributed by atoms with Crippen molar-refractivity contribution < 1.29 is 9.59 Å². The SMILES string of the molecule is CNCCN1C(=O)CC(SC)C1=O. The minimum atomic E-state index is -0.149. The molecule has 0 aromatic heterocycles. The molecule has 0 aliphatic carbocycles. The summed E-state index contributed by atoms with van der Waals surface area (Å²) in [6.45, 7) is 1.16. The third kappa shape index (κ3) is 2.22. The van der Waals surface area contributed by atoms with Gasteiger partial charge in [-0.25, -0.2) is 0 Å². The van der Waals surface area contributed by atoms with Crippen LogP contribution in [0, 0.1) is 0 Å². The Bertz CT molecular complexity index is 220. The summed E-state index contributed by atoms with van der Waals surface area (Å²) in [5, 5.41) is 2.77. The molecule has 0 saturated carbocycles. The molecule has 4 nitrogen and oxygen atoms in total. The van der Waals surface area contributed by atoms with Crippen LogP contribution < -0.4 is 5.32 Å². The van der Waals surface area contributed by atoms with Crippen molar-refractivity contribution in [2.75, 3.05) is 26.4 Å². The van der Waals surface area contributed by atoms with E-state index in [0.717, 1.165) is 0 Å². The molecule has 2 amide bonds. The lowest BCUT2D eigenvalue weighted by atomic mass is 10.4. The van der Waals surface area contributed by atoms with Crippen molar-refractivity contribution in [2.45, 2.75) is 11.7 Å². The molecule has 1 heterocycles. The van der Waals surface area contributed by atoms with Crippen LogP contribution in [0.25, 0.3) is 0 Å². The number of rotatable bonds is 4. The van der Waals surface area contributed by atoms with E-state index in [0.29, 0.717) is 19.5 Å². The highest BCUT2D eigenvalue weighted by Gasteiger charge is 2.37. The maximum Gasteiger partial charge on any atom is 0.242 e. The first-order valence-electron chi connectivity index (χ1n) is 4.22. The number of imide groups is 1. The quantitative estimate of drug-likeness (QED) is 0.636. The number of hydrogen-bond donors (Lipinski definition) is 1. The molecular weight excluding hydrogens is 188 g/mol. The number of carbonyl (C=O) groups is 2. The topological polar surface area (TPSA) is 49.4 Å². The molecule has 0 bridgehead atoms. The van der Waals surface area contributed by atoms with Gasteiger partial charge in [0.15, 0.2) is 0 Å². The summed E-state index contributed by atoms with van der Waals surface area (Å²) in [5.41, 5.74) is 0. The van der Waals surface area contributed by atoms with Gasteiger partial charge in [0.25, 0.3) is 0 Å². The molecule has 1 unspecified atom stereocenters. The number of hydrogen-bond acceptors (Lipinski definition) is 4. The molecular formula is C8H14N2O2S. The Labute approximate surface area is 82.0 Å². The standard InChI is InChI=1S/C8H14N2O2S/c1-9-3-4-10-7(11)5-6(13-2)8(10)12/h6,9H,3-5H2,1-2H3.